The van der Waals surface area contributed by atoms with Gasteiger partial charge in [-0.05, 0) is 50.3 Å². The van der Waals surface area contributed by atoms with Crippen LogP contribution in [0.15, 0.2) is 53.1 Å². The van der Waals surface area contributed by atoms with Gasteiger partial charge in [0.25, 0.3) is 0 Å². The minimum absolute atomic E-state index is 0.133. The van der Waals surface area contributed by atoms with E-state index in [0.29, 0.717) is 23.7 Å². The maximum atomic E-state index is 12.3. The Hall–Kier alpha value is -3.61. The summed E-state index contributed by atoms with van der Waals surface area (Å²) >= 11 is 0. The van der Waals surface area contributed by atoms with Crippen LogP contribution >= 0.6 is 0 Å². The lowest BCUT2D eigenvalue weighted by Crippen LogP contribution is -2.23. The van der Waals surface area contributed by atoms with Gasteiger partial charge in [0.2, 0.25) is 0 Å². The number of carbonyl (C=O) groups excluding carboxylic acids is 2. The van der Waals surface area contributed by atoms with Crippen LogP contribution in [-0.4, -0.2) is 30.4 Å². The van der Waals surface area contributed by atoms with E-state index in [1.807, 2.05) is 55.5 Å². The van der Waals surface area contributed by atoms with Gasteiger partial charge in [0.1, 0.15) is 11.4 Å². The molecule has 0 radical (unpaired) electrons. The number of amides is 1. The summed E-state index contributed by atoms with van der Waals surface area (Å²) in [5, 5.41) is 6.66. The molecule has 1 amide bonds. The summed E-state index contributed by atoms with van der Waals surface area (Å²) in [6.45, 7) is 6.00. The number of esters is 1. The van der Waals surface area contributed by atoms with Crippen LogP contribution in [0.3, 0.4) is 0 Å². The summed E-state index contributed by atoms with van der Waals surface area (Å²) in [5.41, 5.74) is 4.46. The maximum Gasteiger partial charge on any atom is 0.411 e. The van der Waals surface area contributed by atoms with Crippen LogP contribution in [0.25, 0.3) is 22.5 Å². The number of benzene rings is 2. The Balaban J connectivity index is 1.53. The highest BCUT2D eigenvalue weighted by Gasteiger charge is 2.52. The Bertz CT molecular complexity index is 1110. The molecule has 3 aromatic rings. The lowest BCUT2D eigenvalue weighted by Gasteiger charge is -2.14. The van der Waals surface area contributed by atoms with E-state index in [0.717, 1.165) is 35.1 Å². The third-order valence-electron chi connectivity index (χ3n) is 5.70. The fraction of sp³-hybridized carbons (Fsp3) is 0.320. The molecule has 0 spiro atoms. The number of ether oxygens (including phenoxy) is 2. The molecule has 1 fully saturated rings. The summed E-state index contributed by atoms with van der Waals surface area (Å²) in [7, 11) is 0. The van der Waals surface area contributed by atoms with Crippen molar-refractivity contribution in [1.29, 1.82) is 0 Å². The first kappa shape index (κ1) is 21.6. The number of aromatic nitrogens is 1. The zero-order valence-electron chi connectivity index (χ0n) is 18.4. The number of nitrogens with zero attached hydrogens (tertiary/aromatic N) is 1. The molecule has 0 bridgehead atoms. The van der Waals surface area contributed by atoms with Crippen molar-refractivity contribution in [2.75, 3.05) is 18.5 Å². The molecule has 1 aromatic heterocycles. The van der Waals surface area contributed by atoms with Crippen molar-refractivity contribution in [2.45, 2.75) is 39.0 Å². The predicted molar refractivity (Wildman–Crippen MR) is 120 cm³/mol. The average Bonchev–Trinajstić information content (AvgIpc) is 3.54. The molecule has 0 unspecified atom stereocenters. The van der Waals surface area contributed by atoms with Gasteiger partial charge in [-0.25, -0.2) is 4.79 Å². The van der Waals surface area contributed by atoms with E-state index in [2.05, 4.69) is 10.5 Å². The number of hydrogen-bond donors (Lipinski definition) is 1. The minimum Gasteiger partial charge on any atom is -0.465 e. The molecule has 7 heteroatoms. The van der Waals surface area contributed by atoms with Crippen LogP contribution in [-0.2, 0) is 19.7 Å². The number of hydrogen-bond acceptors (Lipinski definition) is 6. The Morgan fingerprint density at radius 3 is 2.06 bits per heavy atom. The van der Waals surface area contributed by atoms with E-state index < -0.39 is 11.5 Å². The largest absolute Gasteiger partial charge is 0.465 e. The van der Waals surface area contributed by atoms with Crippen LogP contribution in [0.4, 0.5) is 10.5 Å². The highest BCUT2D eigenvalue weighted by atomic mass is 16.5. The van der Waals surface area contributed by atoms with Crippen LogP contribution in [0, 0.1) is 6.92 Å². The molecule has 0 atom stereocenters. The lowest BCUT2D eigenvalue weighted by molar-refractivity contribution is -0.146. The van der Waals surface area contributed by atoms with Crippen LogP contribution in [0.5, 0.6) is 0 Å². The molecule has 166 valence electrons. The van der Waals surface area contributed by atoms with E-state index in [1.165, 1.54) is 0 Å². The molecule has 7 nitrogen and oxygen atoms in total. The molecule has 32 heavy (non-hydrogen) atoms. The van der Waals surface area contributed by atoms with Gasteiger partial charge >= 0.3 is 12.1 Å². The second-order valence-electron chi connectivity index (χ2n) is 7.77. The number of aryl methyl sites for hydroxylation is 1. The molecular weight excluding hydrogens is 408 g/mol. The van der Waals surface area contributed by atoms with Crippen molar-refractivity contribution in [3.63, 3.8) is 0 Å². The zero-order chi connectivity index (χ0) is 22.7. The van der Waals surface area contributed by atoms with E-state index in [1.54, 1.807) is 13.8 Å². The van der Waals surface area contributed by atoms with Crippen LogP contribution in [0.2, 0.25) is 0 Å². The number of anilines is 1. The van der Waals surface area contributed by atoms with Gasteiger partial charge in [0.05, 0.1) is 18.6 Å². The monoisotopic (exact) mass is 434 g/mol. The van der Waals surface area contributed by atoms with Gasteiger partial charge in [-0.1, -0.05) is 53.7 Å². The van der Waals surface area contributed by atoms with E-state index in [4.69, 9.17) is 14.0 Å². The summed E-state index contributed by atoms with van der Waals surface area (Å²) in [5.74, 6) is 0.342. The Labute approximate surface area is 186 Å². The molecule has 2 aromatic carbocycles. The van der Waals surface area contributed by atoms with E-state index in [-0.39, 0.29) is 12.6 Å². The van der Waals surface area contributed by atoms with Gasteiger partial charge in [0.15, 0.2) is 5.76 Å². The first-order valence-electron chi connectivity index (χ1n) is 10.8. The molecule has 1 aliphatic carbocycles. The van der Waals surface area contributed by atoms with Crippen molar-refractivity contribution in [1.82, 2.24) is 5.16 Å². The fourth-order valence-electron chi connectivity index (χ4n) is 3.78. The van der Waals surface area contributed by atoms with Crippen molar-refractivity contribution in [3.8, 4) is 22.5 Å². The number of rotatable bonds is 7. The van der Waals surface area contributed by atoms with Crippen LogP contribution in [0.1, 0.15) is 37.9 Å². The summed E-state index contributed by atoms with van der Waals surface area (Å²) in [4.78, 5) is 24.2. The topological polar surface area (TPSA) is 90.7 Å². The summed E-state index contributed by atoms with van der Waals surface area (Å²) in [6.07, 6.45) is 1.12. The molecule has 1 aliphatic rings. The van der Waals surface area contributed by atoms with Crippen molar-refractivity contribution >= 4 is 17.7 Å². The van der Waals surface area contributed by atoms with Gasteiger partial charge in [-0.15, -0.1) is 0 Å². The lowest BCUT2D eigenvalue weighted by atomic mass is 9.93. The molecule has 1 N–H and O–H groups in total. The highest BCUT2D eigenvalue weighted by Crippen LogP contribution is 2.49. The first-order chi connectivity index (χ1) is 15.5. The quantitative estimate of drug-likeness (QED) is 0.495. The van der Waals surface area contributed by atoms with Gasteiger partial charge in [-0.3, -0.25) is 10.1 Å². The number of carbonyl (C=O) groups is 2. The summed E-state index contributed by atoms with van der Waals surface area (Å²) < 4.78 is 15.7. The smallest absolute Gasteiger partial charge is 0.411 e. The van der Waals surface area contributed by atoms with Crippen molar-refractivity contribution < 1.29 is 23.6 Å². The van der Waals surface area contributed by atoms with Gasteiger partial charge < -0.3 is 14.0 Å². The van der Waals surface area contributed by atoms with Gasteiger partial charge in [0, 0.05) is 5.56 Å². The standard InChI is InChI=1S/C25H26N2O5/c1-4-30-23(28)25(14-15-25)20-12-10-18(11-13-20)17-6-8-19(9-7-17)22-21(16(3)27-32-22)26-24(29)31-5-2/h6-13H,4-5,14-15H2,1-3H3,(H,26,29). The SMILES string of the molecule is CCOC(=O)Nc1c(C)noc1-c1ccc(-c2ccc(C3(C(=O)OCC)CC3)cc2)cc1. The third-order valence-corrected chi connectivity index (χ3v) is 5.70. The molecule has 1 saturated carbocycles. The first-order valence-corrected chi connectivity index (χ1v) is 10.8. The Morgan fingerprint density at radius 1 is 0.938 bits per heavy atom. The molecule has 0 saturated heterocycles. The predicted octanol–water partition coefficient (Wildman–Crippen LogP) is 5.48. The second-order valence-corrected chi connectivity index (χ2v) is 7.77. The third kappa shape index (κ3) is 4.10. The average molecular weight is 434 g/mol. The molecule has 1 heterocycles. The fourth-order valence-corrected chi connectivity index (χ4v) is 3.78. The molecule has 4 rings (SSSR count). The minimum atomic E-state index is -0.548. The molecular formula is C25H26N2O5. The maximum absolute atomic E-state index is 12.3. The Kier molecular flexibility index (Phi) is 5.99. The Morgan fingerprint density at radius 2 is 1.50 bits per heavy atom. The van der Waals surface area contributed by atoms with E-state index in [9.17, 15) is 9.59 Å². The molecule has 0 aliphatic heterocycles. The van der Waals surface area contributed by atoms with Crippen molar-refractivity contribution in [3.05, 3.63) is 59.8 Å². The van der Waals surface area contributed by atoms with Gasteiger partial charge in [-0.2, -0.15) is 0 Å². The number of nitrogens with one attached hydrogen (secondary N) is 1. The second kappa shape index (κ2) is 8.86. The zero-order valence-corrected chi connectivity index (χ0v) is 18.4. The highest BCUT2D eigenvalue weighted by molar-refractivity contribution is 5.91. The van der Waals surface area contributed by atoms with Crippen molar-refractivity contribution in [2.24, 2.45) is 0 Å². The van der Waals surface area contributed by atoms with Crippen LogP contribution < -0.4 is 5.32 Å². The van der Waals surface area contributed by atoms with E-state index >= 15 is 0 Å². The normalized spacial score (nSPS) is 14.0. The summed E-state index contributed by atoms with van der Waals surface area (Å²) in [6, 6.07) is 15.9.